The van der Waals surface area contributed by atoms with E-state index in [2.05, 4.69) is 20.5 Å². The van der Waals surface area contributed by atoms with Gasteiger partial charge in [0.05, 0.1) is 0 Å². The number of hydrogen-bond donors (Lipinski definition) is 3. The molecule has 1 aliphatic rings. The Hall–Kier alpha value is -1.65. The van der Waals surface area contributed by atoms with Crippen molar-refractivity contribution in [1.82, 2.24) is 15.5 Å². The van der Waals surface area contributed by atoms with Gasteiger partial charge in [-0.05, 0) is 38.8 Å². The summed E-state index contributed by atoms with van der Waals surface area (Å²) in [6, 6.07) is 0.123. The van der Waals surface area contributed by atoms with Crippen LogP contribution in [0.4, 0.5) is 0 Å². The van der Waals surface area contributed by atoms with E-state index in [1.165, 1.54) is 19.9 Å². The number of likely N-dealkylation sites (tertiary alicyclic amines) is 1. The zero-order valence-electron chi connectivity index (χ0n) is 12.1. The highest BCUT2D eigenvalue weighted by atomic mass is 16.1. The molecule has 0 saturated carbocycles. The van der Waals surface area contributed by atoms with Crippen LogP contribution in [0.5, 0.6) is 0 Å². The normalized spacial score (nSPS) is 17.6. The highest BCUT2D eigenvalue weighted by molar-refractivity contribution is 5.97. The van der Waals surface area contributed by atoms with Gasteiger partial charge in [0.25, 0.3) is 0 Å². The van der Waals surface area contributed by atoms with E-state index in [1.54, 1.807) is 6.19 Å². The van der Waals surface area contributed by atoms with Crippen molar-refractivity contribution >= 4 is 11.9 Å². The number of nitriles is 1. The number of amides is 1. The fourth-order valence-corrected chi connectivity index (χ4v) is 2.30. The smallest absolute Gasteiger partial charge is 0.226 e. The van der Waals surface area contributed by atoms with Crippen molar-refractivity contribution in [2.24, 2.45) is 10.7 Å². The summed E-state index contributed by atoms with van der Waals surface area (Å²) in [7, 11) is 1.51. The molecule has 1 rings (SSSR count). The van der Waals surface area contributed by atoms with Crippen molar-refractivity contribution in [2.45, 2.75) is 38.1 Å². The van der Waals surface area contributed by atoms with Crippen LogP contribution in [-0.4, -0.2) is 49.5 Å². The quantitative estimate of drug-likeness (QED) is 0.269. The SMILES string of the molecule is CN=C(NC#N)NC(=O)CCC[C@H](N)CN1CCCC1. The maximum Gasteiger partial charge on any atom is 0.226 e. The van der Waals surface area contributed by atoms with E-state index in [-0.39, 0.29) is 17.9 Å². The zero-order valence-corrected chi connectivity index (χ0v) is 12.1. The third-order valence-electron chi connectivity index (χ3n) is 3.33. The Labute approximate surface area is 120 Å². The lowest BCUT2D eigenvalue weighted by molar-refractivity contribution is -0.119. The van der Waals surface area contributed by atoms with Gasteiger partial charge in [0.1, 0.15) is 0 Å². The molecule has 20 heavy (non-hydrogen) atoms. The molecule has 1 aliphatic heterocycles. The van der Waals surface area contributed by atoms with Gasteiger partial charge in [-0.1, -0.05) is 0 Å². The highest BCUT2D eigenvalue weighted by Crippen LogP contribution is 2.09. The van der Waals surface area contributed by atoms with E-state index in [0.29, 0.717) is 6.42 Å². The predicted molar refractivity (Wildman–Crippen MR) is 77.8 cm³/mol. The van der Waals surface area contributed by atoms with Crippen LogP contribution in [-0.2, 0) is 4.79 Å². The van der Waals surface area contributed by atoms with Crippen LogP contribution in [0, 0.1) is 11.5 Å². The first-order chi connectivity index (χ1) is 9.65. The molecule has 7 nitrogen and oxygen atoms in total. The molecule has 0 aromatic carbocycles. The van der Waals surface area contributed by atoms with E-state index in [4.69, 9.17) is 11.0 Å². The number of nitrogens with two attached hydrogens (primary N) is 1. The molecule has 1 atom stereocenters. The summed E-state index contributed by atoms with van der Waals surface area (Å²) in [5, 5.41) is 13.3. The molecule has 4 N–H and O–H groups in total. The van der Waals surface area contributed by atoms with Gasteiger partial charge in [0.15, 0.2) is 6.19 Å². The maximum absolute atomic E-state index is 11.6. The van der Waals surface area contributed by atoms with Crippen LogP contribution in [0.2, 0.25) is 0 Å². The Kier molecular flexibility index (Phi) is 7.62. The van der Waals surface area contributed by atoms with E-state index in [1.807, 2.05) is 0 Å². The molecule has 0 aromatic heterocycles. The average molecular weight is 280 g/mol. The fraction of sp³-hybridized carbons (Fsp3) is 0.769. The average Bonchev–Trinajstić information content (AvgIpc) is 2.91. The van der Waals surface area contributed by atoms with Gasteiger partial charge >= 0.3 is 0 Å². The third kappa shape index (κ3) is 6.50. The second-order valence-corrected chi connectivity index (χ2v) is 5.02. The second-order valence-electron chi connectivity index (χ2n) is 5.02. The van der Waals surface area contributed by atoms with Crippen LogP contribution in [0.1, 0.15) is 32.1 Å². The van der Waals surface area contributed by atoms with Gasteiger partial charge in [0, 0.05) is 26.1 Å². The largest absolute Gasteiger partial charge is 0.327 e. The Bertz CT molecular complexity index is 370. The van der Waals surface area contributed by atoms with Crippen molar-refractivity contribution in [3.8, 4) is 6.19 Å². The van der Waals surface area contributed by atoms with Gasteiger partial charge in [-0.25, -0.2) is 0 Å². The lowest BCUT2D eigenvalue weighted by Crippen LogP contribution is -2.39. The number of aliphatic imine (C=N–C) groups is 1. The van der Waals surface area contributed by atoms with Crippen LogP contribution >= 0.6 is 0 Å². The number of nitrogens with one attached hydrogen (secondary N) is 2. The Morgan fingerprint density at radius 2 is 2.20 bits per heavy atom. The lowest BCUT2D eigenvalue weighted by atomic mass is 10.1. The minimum atomic E-state index is -0.151. The molecule has 1 heterocycles. The molecule has 0 bridgehead atoms. The second kappa shape index (κ2) is 9.28. The van der Waals surface area contributed by atoms with Gasteiger partial charge in [0.2, 0.25) is 11.9 Å². The molecule has 0 unspecified atom stereocenters. The van der Waals surface area contributed by atoms with Crippen LogP contribution < -0.4 is 16.4 Å². The van der Waals surface area contributed by atoms with Crippen LogP contribution in [0.15, 0.2) is 4.99 Å². The van der Waals surface area contributed by atoms with Crippen molar-refractivity contribution < 1.29 is 4.79 Å². The Balaban J connectivity index is 2.13. The van der Waals surface area contributed by atoms with Crippen LogP contribution in [0.3, 0.4) is 0 Å². The molecule has 0 spiro atoms. The minimum Gasteiger partial charge on any atom is -0.327 e. The van der Waals surface area contributed by atoms with Crippen LogP contribution in [0.25, 0.3) is 0 Å². The van der Waals surface area contributed by atoms with Gasteiger partial charge in [-0.2, -0.15) is 5.26 Å². The molecule has 0 aliphatic carbocycles. The molecule has 112 valence electrons. The third-order valence-corrected chi connectivity index (χ3v) is 3.33. The summed E-state index contributed by atoms with van der Waals surface area (Å²) >= 11 is 0. The monoisotopic (exact) mass is 280 g/mol. The van der Waals surface area contributed by atoms with Crippen molar-refractivity contribution in [3.63, 3.8) is 0 Å². The summed E-state index contributed by atoms with van der Waals surface area (Å²) < 4.78 is 0. The van der Waals surface area contributed by atoms with Crippen molar-refractivity contribution in [2.75, 3.05) is 26.7 Å². The molecule has 7 heteroatoms. The number of guanidine groups is 1. The lowest BCUT2D eigenvalue weighted by Gasteiger charge is -2.19. The number of hydrogen-bond acceptors (Lipinski definition) is 5. The number of nitrogens with zero attached hydrogens (tertiary/aromatic N) is 3. The number of carbonyl (C=O) groups is 1. The zero-order chi connectivity index (χ0) is 14.8. The first kappa shape index (κ1) is 16.4. The summed E-state index contributed by atoms with van der Waals surface area (Å²) in [6.45, 7) is 3.20. The van der Waals surface area contributed by atoms with Gasteiger partial charge in [-0.15, -0.1) is 0 Å². The molecule has 1 saturated heterocycles. The Morgan fingerprint density at radius 3 is 2.80 bits per heavy atom. The maximum atomic E-state index is 11.6. The summed E-state index contributed by atoms with van der Waals surface area (Å²) in [6.07, 6.45) is 6.20. The van der Waals surface area contributed by atoms with E-state index in [9.17, 15) is 4.79 Å². The Morgan fingerprint density at radius 1 is 1.50 bits per heavy atom. The first-order valence-corrected chi connectivity index (χ1v) is 7.05. The molecule has 0 aromatic rings. The molecular formula is C13H24N6O. The predicted octanol–water partition coefficient (Wildman–Crippen LogP) is -0.248. The van der Waals surface area contributed by atoms with Crippen molar-refractivity contribution in [3.05, 3.63) is 0 Å². The van der Waals surface area contributed by atoms with E-state index in [0.717, 1.165) is 32.5 Å². The van der Waals surface area contributed by atoms with E-state index >= 15 is 0 Å². The number of carbonyl (C=O) groups excluding carboxylic acids is 1. The van der Waals surface area contributed by atoms with Crippen molar-refractivity contribution in [1.29, 1.82) is 5.26 Å². The molecule has 0 radical (unpaired) electrons. The van der Waals surface area contributed by atoms with Gasteiger partial charge < -0.3 is 10.6 Å². The summed E-state index contributed by atoms with van der Waals surface area (Å²) in [4.78, 5) is 17.7. The summed E-state index contributed by atoms with van der Waals surface area (Å²) in [5.41, 5.74) is 6.06. The summed E-state index contributed by atoms with van der Waals surface area (Å²) in [5.74, 6) is 0.0283. The van der Waals surface area contributed by atoms with Gasteiger partial charge in [-0.3, -0.25) is 20.4 Å². The molecule has 1 fully saturated rings. The number of rotatable bonds is 6. The fourth-order valence-electron chi connectivity index (χ4n) is 2.30. The highest BCUT2D eigenvalue weighted by Gasteiger charge is 2.15. The molecular weight excluding hydrogens is 256 g/mol. The van der Waals surface area contributed by atoms with E-state index < -0.39 is 0 Å². The molecule has 1 amide bonds. The standard InChI is InChI=1S/C13H24N6O/c1-16-13(17-10-14)18-12(20)6-4-5-11(15)9-19-7-2-3-8-19/h11H,2-9,15H2,1H3,(H2,16,17,18,20)/t11-/m0/s1. The topological polar surface area (TPSA) is 107 Å². The minimum absolute atomic E-state index is 0.123. The first-order valence-electron chi connectivity index (χ1n) is 7.05.